The van der Waals surface area contributed by atoms with Crippen LogP contribution in [0.25, 0.3) is 0 Å². The van der Waals surface area contributed by atoms with E-state index in [2.05, 4.69) is 10.3 Å². The molecule has 1 saturated heterocycles. The van der Waals surface area contributed by atoms with E-state index in [9.17, 15) is 9.59 Å². The summed E-state index contributed by atoms with van der Waals surface area (Å²) in [5.74, 6) is -0.435. The summed E-state index contributed by atoms with van der Waals surface area (Å²) in [7, 11) is 1.47. The van der Waals surface area contributed by atoms with Crippen molar-refractivity contribution in [3.05, 3.63) is 24.0 Å². The summed E-state index contributed by atoms with van der Waals surface area (Å²) < 4.78 is 0. The largest absolute Gasteiger partial charge is 0.388 e. The number of nitrogens with zero attached hydrogens (tertiary/aromatic N) is 2. The van der Waals surface area contributed by atoms with Gasteiger partial charge in [0.2, 0.25) is 5.91 Å². The minimum absolute atomic E-state index is 0.153. The van der Waals surface area contributed by atoms with Gasteiger partial charge in [-0.15, -0.1) is 0 Å². The van der Waals surface area contributed by atoms with Gasteiger partial charge in [-0.25, -0.2) is 0 Å². The summed E-state index contributed by atoms with van der Waals surface area (Å²) >= 11 is 4.82. The van der Waals surface area contributed by atoms with E-state index in [0.29, 0.717) is 11.4 Å². The summed E-state index contributed by atoms with van der Waals surface area (Å²) in [4.78, 5) is 28.4. The molecule has 2 amide bonds. The quantitative estimate of drug-likeness (QED) is 0.585. The van der Waals surface area contributed by atoms with Gasteiger partial charge in [-0.2, -0.15) is 0 Å². The third-order valence-electron chi connectivity index (χ3n) is 2.73. The number of rotatable bonds is 3. The van der Waals surface area contributed by atoms with Crippen molar-refractivity contribution in [2.75, 3.05) is 12.4 Å². The van der Waals surface area contributed by atoms with Crippen molar-refractivity contribution in [1.29, 1.82) is 0 Å². The fourth-order valence-electron chi connectivity index (χ4n) is 1.72. The van der Waals surface area contributed by atoms with Gasteiger partial charge in [-0.1, -0.05) is 12.2 Å². The molecule has 2 heterocycles. The number of likely N-dealkylation sites (N-methyl/N-ethyl adjacent to an activating group) is 1. The van der Waals surface area contributed by atoms with E-state index in [0.717, 1.165) is 4.90 Å². The van der Waals surface area contributed by atoms with Crippen molar-refractivity contribution >= 4 is 34.7 Å². The highest BCUT2D eigenvalue weighted by Gasteiger charge is 2.35. The molecule has 94 valence electrons. The number of thiocarbonyl (C=S) groups is 1. The second-order valence-corrected chi connectivity index (χ2v) is 4.43. The Morgan fingerprint density at radius 2 is 2.33 bits per heavy atom. The number of likely N-dealkylation sites (tertiary alicyclic amines) is 1. The van der Waals surface area contributed by atoms with E-state index in [4.69, 9.17) is 18.0 Å². The normalized spacial score (nSPS) is 19.2. The second-order valence-electron chi connectivity index (χ2n) is 3.99. The Labute approximate surface area is 109 Å². The van der Waals surface area contributed by atoms with Gasteiger partial charge in [0.1, 0.15) is 11.0 Å². The number of pyridine rings is 1. The molecule has 0 bridgehead atoms. The Hall–Kier alpha value is -2.02. The van der Waals surface area contributed by atoms with Crippen molar-refractivity contribution < 1.29 is 9.59 Å². The van der Waals surface area contributed by atoms with Crippen molar-refractivity contribution in [3.8, 4) is 0 Å². The highest BCUT2D eigenvalue weighted by molar-refractivity contribution is 7.80. The summed E-state index contributed by atoms with van der Waals surface area (Å²) in [6, 6.07) is 2.81. The molecular formula is C11H12N4O2S. The molecule has 1 aliphatic heterocycles. The van der Waals surface area contributed by atoms with Gasteiger partial charge in [0.15, 0.2) is 0 Å². The first-order valence-electron chi connectivity index (χ1n) is 5.32. The van der Waals surface area contributed by atoms with Crippen LogP contribution in [0.15, 0.2) is 18.3 Å². The van der Waals surface area contributed by atoms with Crippen molar-refractivity contribution in [1.82, 2.24) is 9.88 Å². The van der Waals surface area contributed by atoms with Crippen LogP contribution in [0.3, 0.4) is 0 Å². The molecule has 0 spiro atoms. The molecule has 1 fully saturated rings. The van der Waals surface area contributed by atoms with E-state index < -0.39 is 6.04 Å². The smallest absolute Gasteiger partial charge is 0.251 e. The summed E-state index contributed by atoms with van der Waals surface area (Å²) in [6.45, 7) is 0. The fourth-order valence-corrected chi connectivity index (χ4v) is 1.84. The zero-order chi connectivity index (χ0) is 13.3. The number of amides is 2. The number of nitrogens with two attached hydrogens (primary N) is 1. The van der Waals surface area contributed by atoms with Crippen LogP contribution in [0.1, 0.15) is 12.1 Å². The monoisotopic (exact) mass is 264 g/mol. The number of hydrogen-bond donors (Lipinski definition) is 2. The number of aromatic nitrogens is 1. The van der Waals surface area contributed by atoms with E-state index in [1.54, 1.807) is 18.3 Å². The predicted molar refractivity (Wildman–Crippen MR) is 69.9 cm³/mol. The summed E-state index contributed by atoms with van der Waals surface area (Å²) in [5.41, 5.74) is 6.61. The fraction of sp³-hybridized carbons (Fsp3) is 0.273. The van der Waals surface area contributed by atoms with Crippen LogP contribution in [0, 0.1) is 0 Å². The van der Waals surface area contributed by atoms with E-state index in [1.807, 2.05) is 0 Å². The number of nitrogens with one attached hydrogen (secondary N) is 1. The van der Waals surface area contributed by atoms with E-state index in [-0.39, 0.29) is 23.2 Å². The molecular weight excluding hydrogens is 252 g/mol. The van der Waals surface area contributed by atoms with E-state index in [1.165, 1.54) is 7.05 Å². The van der Waals surface area contributed by atoms with Crippen LogP contribution in [0.4, 0.5) is 5.69 Å². The van der Waals surface area contributed by atoms with E-state index >= 15 is 0 Å². The minimum Gasteiger partial charge on any atom is -0.388 e. The topological polar surface area (TPSA) is 88.3 Å². The zero-order valence-corrected chi connectivity index (χ0v) is 10.5. The molecule has 1 aromatic heterocycles. The molecule has 0 saturated carbocycles. The molecule has 3 N–H and O–H groups in total. The number of imide groups is 1. The minimum atomic E-state index is -0.538. The van der Waals surface area contributed by atoms with Crippen molar-refractivity contribution in [3.63, 3.8) is 0 Å². The lowest BCUT2D eigenvalue weighted by molar-refractivity contribution is -0.136. The lowest BCUT2D eigenvalue weighted by atomic mass is 10.2. The van der Waals surface area contributed by atoms with Crippen LogP contribution in [0.5, 0.6) is 0 Å². The molecule has 1 unspecified atom stereocenters. The Bertz CT molecular complexity index is 532. The number of carbonyl (C=O) groups excluding carboxylic acids is 2. The maximum absolute atomic E-state index is 11.7. The Morgan fingerprint density at radius 1 is 1.61 bits per heavy atom. The summed E-state index contributed by atoms with van der Waals surface area (Å²) in [5, 5.41) is 2.98. The maximum atomic E-state index is 11.7. The van der Waals surface area contributed by atoms with Crippen molar-refractivity contribution in [2.24, 2.45) is 5.73 Å². The number of hydrogen-bond acceptors (Lipinski definition) is 5. The van der Waals surface area contributed by atoms with Gasteiger partial charge >= 0.3 is 0 Å². The van der Waals surface area contributed by atoms with Gasteiger partial charge in [-0.3, -0.25) is 19.5 Å². The SMILES string of the molecule is CN1C(=O)CC(Nc2ccnc(C(N)=S)c2)C1=O. The Morgan fingerprint density at radius 3 is 2.89 bits per heavy atom. The van der Waals surface area contributed by atoms with Crippen LogP contribution in [-0.4, -0.2) is 39.8 Å². The average Bonchev–Trinajstić information content (AvgIpc) is 2.57. The highest BCUT2D eigenvalue weighted by atomic mass is 32.1. The number of anilines is 1. The molecule has 7 heteroatoms. The first-order valence-corrected chi connectivity index (χ1v) is 5.72. The first-order chi connectivity index (χ1) is 8.49. The van der Waals surface area contributed by atoms with Gasteiger partial charge in [0.25, 0.3) is 5.91 Å². The first kappa shape index (κ1) is 12.4. The molecule has 1 aromatic rings. The Kier molecular flexibility index (Phi) is 3.24. The molecule has 2 rings (SSSR count). The molecule has 0 aromatic carbocycles. The third kappa shape index (κ3) is 2.30. The summed E-state index contributed by atoms with van der Waals surface area (Å²) in [6.07, 6.45) is 1.70. The van der Waals surface area contributed by atoms with Gasteiger partial charge in [0.05, 0.1) is 12.1 Å². The molecule has 6 nitrogen and oxygen atoms in total. The van der Waals surface area contributed by atoms with Gasteiger partial charge in [-0.05, 0) is 12.1 Å². The number of carbonyl (C=O) groups is 2. The Balaban J connectivity index is 2.15. The van der Waals surface area contributed by atoms with Crippen LogP contribution >= 0.6 is 12.2 Å². The standard InChI is InChI=1S/C11H12N4O2S/c1-15-9(16)5-8(11(15)17)14-6-2-3-13-7(4-6)10(12)18/h2-4,8H,5H2,1H3,(H2,12,18)(H,13,14). The molecule has 18 heavy (non-hydrogen) atoms. The predicted octanol–water partition coefficient (Wildman–Crippen LogP) is -0.115. The maximum Gasteiger partial charge on any atom is 0.251 e. The molecule has 0 aliphatic carbocycles. The van der Waals surface area contributed by atoms with Crippen LogP contribution in [0.2, 0.25) is 0 Å². The van der Waals surface area contributed by atoms with Crippen LogP contribution < -0.4 is 11.1 Å². The van der Waals surface area contributed by atoms with Crippen LogP contribution in [-0.2, 0) is 9.59 Å². The lowest BCUT2D eigenvalue weighted by Gasteiger charge is -2.12. The molecule has 0 radical (unpaired) electrons. The van der Waals surface area contributed by atoms with Gasteiger partial charge in [0, 0.05) is 18.9 Å². The average molecular weight is 264 g/mol. The van der Waals surface area contributed by atoms with Gasteiger partial charge < -0.3 is 11.1 Å². The highest BCUT2D eigenvalue weighted by Crippen LogP contribution is 2.17. The van der Waals surface area contributed by atoms with Crippen molar-refractivity contribution in [2.45, 2.75) is 12.5 Å². The third-order valence-corrected chi connectivity index (χ3v) is 2.94. The zero-order valence-electron chi connectivity index (χ0n) is 9.71. The second kappa shape index (κ2) is 4.69. The lowest BCUT2D eigenvalue weighted by Crippen LogP contribution is -2.31. The molecule has 1 atom stereocenters. The molecule has 1 aliphatic rings.